The van der Waals surface area contributed by atoms with Crippen molar-refractivity contribution < 1.29 is 22.6 Å². The van der Waals surface area contributed by atoms with E-state index in [1.54, 1.807) is 42.5 Å². The van der Waals surface area contributed by atoms with Crippen LogP contribution >= 0.6 is 0 Å². The largest absolute Gasteiger partial charge is 0.410 e. The Kier molecular flexibility index (Phi) is 5.86. The quantitative estimate of drug-likeness (QED) is 0.537. The molecule has 0 aliphatic rings. The molecule has 19 heavy (non-hydrogen) atoms. The molecule has 0 spiro atoms. The number of benzene rings is 2. The van der Waals surface area contributed by atoms with Gasteiger partial charge >= 0.3 is 9.28 Å². The van der Waals surface area contributed by atoms with Crippen molar-refractivity contribution in [2.75, 3.05) is 0 Å². The van der Waals surface area contributed by atoms with E-state index in [9.17, 15) is 8.42 Å². The van der Waals surface area contributed by atoms with E-state index >= 15 is 0 Å². The van der Waals surface area contributed by atoms with Crippen LogP contribution in [0.25, 0.3) is 0 Å². The second-order valence-corrected chi connectivity index (χ2v) is 6.41. The molecule has 0 bridgehead atoms. The number of hydrogen-bond acceptors (Lipinski definition) is 4. The van der Waals surface area contributed by atoms with Crippen molar-refractivity contribution in [1.82, 2.24) is 0 Å². The zero-order valence-corrected chi connectivity index (χ0v) is 11.9. The molecule has 5 nitrogen and oxygen atoms in total. The van der Waals surface area contributed by atoms with Crippen molar-refractivity contribution in [3.8, 4) is 0 Å². The summed E-state index contributed by atoms with van der Waals surface area (Å²) < 4.78 is 29.2. The van der Waals surface area contributed by atoms with E-state index in [2.05, 4.69) is 0 Å². The molecule has 0 fully saturated rings. The molecule has 0 aromatic heterocycles. The van der Waals surface area contributed by atoms with Gasteiger partial charge in [0.05, 0.1) is 4.90 Å². The molecular formula is C12H14O5SSi. The van der Waals surface area contributed by atoms with Crippen LogP contribution in [0, 0.1) is 0 Å². The van der Waals surface area contributed by atoms with Gasteiger partial charge in [-0.1, -0.05) is 48.5 Å². The maximum atomic E-state index is 10.4. The van der Waals surface area contributed by atoms with Crippen LogP contribution in [0.3, 0.4) is 0 Å². The standard InChI is InChI=1S/C6H6O3S.C6H8O2Si/c7-10(8,9)6-4-2-1-3-5-6;7-9(8)6-4-2-1-3-5-6/h1-5H,(H,7,8,9);1-5,7-9H. The minimum absolute atomic E-state index is 0.0741. The summed E-state index contributed by atoms with van der Waals surface area (Å²) in [6.45, 7) is 0. The molecule has 0 radical (unpaired) electrons. The van der Waals surface area contributed by atoms with E-state index < -0.39 is 19.4 Å². The average molecular weight is 298 g/mol. The third-order valence-corrected chi connectivity index (χ3v) is 3.99. The Labute approximate surface area is 113 Å². The molecule has 0 amide bonds. The molecule has 0 aliphatic heterocycles. The molecule has 0 heterocycles. The molecule has 0 unspecified atom stereocenters. The van der Waals surface area contributed by atoms with Crippen molar-refractivity contribution in [2.24, 2.45) is 0 Å². The first-order chi connectivity index (χ1) is 8.91. The fourth-order valence-corrected chi connectivity index (χ4v) is 2.29. The van der Waals surface area contributed by atoms with Crippen LogP contribution in [0.2, 0.25) is 0 Å². The van der Waals surface area contributed by atoms with Gasteiger partial charge in [0, 0.05) is 0 Å². The first-order valence-electron chi connectivity index (χ1n) is 5.35. The molecule has 0 atom stereocenters. The lowest BCUT2D eigenvalue weighted by Crippen LogP contribution is -2.29. The van der Waals surface area contributed by atoms with Crippen LogP contribution in [0.4, 0.5) is 0 Å². The number of rotatable bonds is 2. The van der Waals surface area contributed by atoms with E-state index in [0.717, 1.165) is 0 Å². The fourth-order valence-electron chi connectivity index (χ4n) is 1.22. The highest BCUT2D eigenvalue weighted by Crippen LogP contribution is 2.05. The molecule has 102 valence electrons. The first kappa shape index (κ1) is 15.5. The van der Waals surface area contributed by atoms with Gasteiger partial charge in [0.25, 0.3) is 10.1 Å². The van der Waals surface area contributed by atoms with E-state index in [1.165, 1.54) is 12.1 Å². The van der Waals surface area contributed by atoms with Crippen LogP contribution in [0.15, 0.2) is 65.6 Å². The Hall–Kier alpha value is -1.51. The molecule has 3 N–H and O–H groups in total. The van der Waals surface area contributed by atoms with Gasteiger partial charge < -0.3 is 9.59 Å². The lowest BCUT2D eigenvalue weighted by atomic mass is 10.4. The van der Waals surface area contributed by atoms with Gasteiger partial charge in [0.1, 0.15) is 0 Å². The smallest absolute Gasteiger partial charge is 0.350 e. The van der Waals surface area contributed by atoms with E-state index in [-0.39, 0.29) is 4.90 Å². The third-order valence-electron chi connectivity index (χ3n) is 2.14. The van der Waals surface area contributed by atoms with Crippen LogP contribution in [0.1, 0.15) is 0 Å². The van der Waals surface area contributed by atoms with E-state index in [1.807, 2.05) is 6.07 Å². The van der Waals surface area contributed by atoms with Crippen LogP contribution in [-0.4, -0.2) is 31.8 Å². The first-order valence-corrected chi connectivity index (χ1v) is 8.40. The SMILES string of the molecule is O=S(=O)(O)c1ccccc1.O[SiH](O)c1ccccc1. The maximum Gasteiger partial charge on any atom is 0.350 e. The van der Waals surface area contributed by atoms with Crippen LogP contribution in [0.5, 0.6) is 0 Å². The second-order valence-electron chi connectivity index (χ2n) is 3.57. The number of hydrogen-bond donors (Lipinski definition) is 3. The third kappa shape index (κ3) is 5.77. The highest BCUT2D eigenvalue weighted by molar-refractivity contribution is 7.85. The Balaban J connectivity index is 0.000000191. The van der Waals surface area contributed by atoms with Gasteiger partial charge in [-0.15, -0.1) is 0 Å². The van der Waals surface area contributed by atoms with Crippen molar-refractivity contribution >= 4 is 24.6 Å². The average Bonchev–Trinajstić information content (AvgIpc) is 2.40. The molecule has 2 rings (SSSR count). The zero-order chi connectivity index (χ0) is 14.3. The van der Waals surface area contributed by atoms with Gasteiger partial charge in [0.2, 0.25) is 0 Å². The summed E-state index contributed by atoms with van der Waals surface area (Å²) in [5, 5.41) is 0.664. The Bertz CT molecular complexity index is 584. The van der Waals surface area contributed by atoms with Crippen molar-refractivity contribution in [3.05, 3.63) is 60.7 Å². The summed E-state index contributed by atoms with van der Waals surface area (Å²) in [6, 6.07) is 16.3. The van der Waals surface area contributed by atoms with E-state index in [0.29, 0.717) is 5.19 Å². The van der Waals surface area contributed by atoms with Gasteiger partial charge in [-0.05, 0) is 17.3 Å². The van der Waals surface area contributed by atoms with Gasteiger partial charge in [0.15, 0.2) is 0 Å². The van der Waals surface area contributed by atoms with Gasteiger partial charge in [-0.25, -0.2) is 0 Å². The Morgan fingerprint density at radius 3 is 1.47 bits per heavy atom. The fraction of sp³-hybridized carbons (Fsp3) is 0. The molecule has 0 saturated carbocycles. The summed E-state index contributed by atoms with van der Waals surface area (Å²) in [6.07, 6.45) is 0. The second kappa shape index (κ2) is 7.17. The minimum atomic E-state index is -4.00. The van der Waals surface area contributed by atoms with E-state index in [4.69, 9.17) is 14.1 Å². The predicted octanol–water partition coefficient (Wildman–Crippen LogP) is 0.0320. The Morgan fingerprint density at radius 2 is 1.21 bits per heavy atom. The Morgan fingerprint density at radius 1 is 0.789 bits per heavy atom. The molecule has 2 aromatic carbocycles. The normalized spacial score (nSPS) is 10.7. The highest BCUT2D eigenvalue weighted by Gasteiger charge is 2.05. The summed E-state index contributed by atoms with van der Waals surface area (Å²) in [5.41, 5.74) is 0. The minimum Gasteiger partial charge on any atom is -0.410 e. The summed E-state index contributed by atoms with van der Waals surface area (Å²) in [4.78, 5) is 17.4. The summed E-state index contributed by atoms with van der Waals surface area (Å²) in [7, 11) is -6.53. The molecule has 2 aromatic rings. The monoisotopic (exact) mass is 298 g/mol. The van der Waals surface area contributed by atoms with Crippen LogP contribution in [-0.2, 0) is 10.1 Å². The summed E-state index contributed by atoms with van der Waals surface area (Å²) in [5.74, 6) is 0. The predicted molar refractivity (Wildman–Crippen MR) is 73.9 cm³/mol. The molecular weight excluding hydrogens is 284 g/mol. The topological polar surface area (TPSA) is 94.8 Å². The lowest BCUT2D eigenvalue weighted by Gasteiger charge is -1.96. The van der Waals surface area contributed by atoms with Crippen molar-refractivity contribution in [2.45, 2.75) is 4.90 Å². The summed E-state index contributed by atoms with van der Waals surface area (Å²) >= 11 is 0. The highest BCUT2D eigenvalue weighted by atomic mass is 32.2. The van der Waals surface area contributed by atoms with Crippen LogP contribution < -0.4 is 5.19 Å². The van der Waals surface area contributed by atoms with Crippen molar-refractivity contribution in [1.29, 1.82) is 0 Å². The molecule has 0 saturated heterocycles. The lowest BCUT2D eigenvalue weighted by molar-refractivity contribution is 0.425. The zero-order valence-electron chi connectivity index (χ0n) is 9.92. The molecule has 0 aliphatic carbocycles. The maximum absolute atomic E-state index is 10.4. The van der Waals surface area contributed by atoms with Gasteiger partial charge in [-0.3, -0.25) is 4.55 Å². The molecule has 7 heteroatoms. The van der Waals surface area contributed by atoms with Crippen molar-refractivity contribution in [3.63, 3.8) is 0 Å². The van der Waals surface area contributed by atoms with Gasteiger partial charge in [-0.2, -0.15) is 8.42 Å².